The van der Waals surface area contributed by atoms with Gasteiger partial charge in [0.15, 0.2) is 0 Å². The van der Waals surface area contributed by atoms with Crippen molar-refractivity contribution in [3.05, 3.63) is 59.1 Å². The molecule has 24 heavy (non-hydrogen) atoms. The first-order chi connectivity index (χ1) is 11.6. The molecule has 0 spiro atoms. The van der Waals surface area contributed by atoms with Crippen LogP contribution in [0.4, 0.5) is 10.5 Å². The summed E-state index contributed by atoms with van der Waals surface area (Å²) in [4.78, 5) is 18.5. The number of benzene rings is 2. The van der Waals surface area contributed by atoms with Crippen molar-refractivity contribution in [1.29, 1.82) is 0 Å². The van der Waals surface area contributed by atoms with Gasteiger partial charge in [0.05, 0.1) is 16.8 Å². The van der Waals surface area contributed by atoms with Crippen LogP contribution in [0.3, 0.4) is 0 Å². The molecule has 1 heterocycles. The number of amides is 2. The van der Waals surface area contributed by atoms with Crippen molar-refractivity contribution in [2.45, 2.75) is 13.1 Å². The first-order valence-electron chi connectivity index (χ1n) is 7.74. The van der Waals surface area contributed by atoms with Gasteiger partial charge in [0.1, 0.15) is 5.01 Å². The Labute approximate surface area is 145 Å². The van der Waals surface area contributed by atoms with Crippen molar-refractivity contribution >= 4 is 33.3 Å². The van der Waals surface area contributed by atoms with E-state index in [9.17, 15) is 4.79 Å². The average molecular weight is 340 g/mol. The molecule has 2 aromatic carbocycles. The number of hydrogen-bond donors (Lipinski definition) is 2. The first-order valence-corrected chi connectivity index (χ1v) is 8.56. The lowest BCUT2D eigenvalue weighted by molar-refractivity contribution is 0.240. The van der Waals surface area contributed by atoms with E-state index in [1.54, 1.807) is 11.3 Å². The SMILES string of the molecule is CN(C)c1ccc(CNC(=O)NCc2nc3ccccc3s2)cc1. The van der Waals surface area contributed by atoms with Crippen molar-refractivity contribution < 1.29 is 4.79 Å². The molecular weight excluding hydrogens is 320 g/mol. The van der Waals surface area contributed by atoms with Gasteiger partial charge < -0.3 is 15.5 Å². The van der Waals surface area contributed by atoms with Gasteiger partial charge in [0.2, 0.25) is 0 Å². The number of carbonyl (C=O) groups is 1. The molecule has 0 aliphatic carbocycles. The van der Waals surface area contributed by atoms with Crippen LogP contribution >= 0.6 is 11.3 Å². The Hall–Kier alpha value is -2.60. The molecule has 5 nitrogen and oxygen atoms in total. The fourth-order valence-electron chi connectivity index (χ4n) is 2.31. The number of para-hydroxylation sites is 1. The van der Waals surface area contributed by atoms with Crippen LogP contribution in [0.15, 0.2) is 48.5 Å². The lowest BCUT2D eigenvalue weighted by atomic mass is 10.2. The summed E-state index contributed by atoms with van der Waals surface area (Å²) in [7, 11) is 4.01. The molecule has 0 bridgehead atoms. The Kier molecular flexibility index (Phi) is 4.96. The minimum absolute atomic E-state index is 0.189. The van der Waals surface area contributed by atoms with Gasteiger partial charge in [-0.3, -0.25) is 0 Å². The Bertz CT molecular complexity index is 793. The zero-order valence-corrected chi connectivity index (χ0v) is 14.6. The van der Waals surface area contributed by atoms with Crippen LogP contribution in [0, 0.1) is 0 Å². The third-order valence-corrected chi connectivity index (χ3v) is 4.68. The highest BCUT2D eigenvalue weighted by Gasteiger charge is 2.05. The molecule has 2 amide bonds. The maximum Gasteiger partial charge on any atom is 0.315 e. The van der Waals surface area contributed by atoms with E-state index in [0.29, 0.717) is 13.1 Å². The maximum atomic E-state index is 11.9. The summed E-state index contributed by atoms with van der Waals surface area (Å²) in [5, 5.41) is 6.62. The Morgan fingerprint density at radius 2 is 1.75 bits per heavy atom. The third kappa shape index (κ3) is 4.02. The van der Waals surface area contributed by atoms with Crippen LogP contribution < -0.4 is 15.5 Å². The normalized spacial score (nSPS) is 10.6. The average Bonchev–Trinajstić information content (AvgIpc) is 3.01. The predicted octanol–water partition coefficient (Wildman–Crippen LogP) is 3.36. The van der Waals surface area contributed by atoms with E-state index in [4.69, 9.17) is 0 Å². The molecule has 2 N–H and O–H groups in total. The number of nitrogens with one attached hydrogen (secondary N) is 2. The van der Waals surface area contributed by atoms with Crippen LogP contribution in [0.5, 0.6) is 0 Å². The van der Waals surface area contributed by atoms with Crippen LogP contribution in [-0.2, 0) is 13.1 Å². The van der Waals surface area contributed by atoms with Crippen molar-refractivity contribution in [2.75, 3.05) is 19.0 Å². The Morgan fingerprint density at radius 3 is 2.46 bits per heavy atom. The number of urea groups is 1. The molecular formula is C18H20N4OS. The summed E-state index contributed by atoms with van der Waals surface area (Å²) in [6.07, 6.45) is 0. The summed E-state index contributed by atoms with van der Waals surface area (Å²) in [5.41, 5.74) is 3.18. The molecule has 3 rings (SSSR count). The highest BCUT2D eigenvalue weighted by molar-refractivity contribution is 7.18. The summed E-state index contributed by atoms with van der Waals surface area (Å²) in [6, 6.07) is 15.9. The molecule has 1 aromatic heterocycles. The fraction of sp³-hybridized carbons (Fsp3) is 0.222. The second kappa shape index (κ2) is 7.31. The summed E-state index contributed by atoms with van der Waals surface area (Å²) in [5.74, 6) is 0. The van der Waals surface area contributed by atoms with Gasteiger partial charge in [0, 0.05) is 26.3 Å². The molecule has 0 unspecified atom stereocenters. The molecule has 3 aromatic rings. The zero-order valence-electron chi connectivity index (χ0n) is 13.7. The Morgan fingerprint density at radius 1 is 1.04 bits per heavy atom. The highest BCUT2D eigenvalue weighted by Crippen LogP contribution is 2.21. The van der Waals surface area contributed by atoms with Crippen molar-refractivity contribution in [2.24, 2.45) is 0 Å². The van der Waals surface area contributed by atoms with E-state index in [1.165, 1.54) is 0 Å². The standard InChI is InChI=1S/C18H20N4OS/c1-22(2)14-9-7-13(8-10-14)11-19-18(23)20-12-17-21-15-5-3-4-6-16(15)24-17/h3-10H,11-12H2,1-2H3,(H2,19,20,23). The summed E-state index contributed by atoms with van der Waals surface area (Å²) in [6.45, 7) is 0.935. The van der Waals surface area contributed by atoms with Gasteiger partial charge in [-0.2, -0.15) is 0 Å². The molecule has 0 aliphatic rings. The van der Waals surface area contributed by atoms with Crippen LogP contribution in [0.1, 0.15) is 10.6 Å². The van der Waals surface area contributed by atoms with E-state index in [-0.39, 0.29) is 6.03 Å². The number of rotatable bonds is 5. The molecule has 0 fully saturated rings. The number of hydrogen-bond acceptors (Lipinski definition) is 4. The molecule has 6 heteroatoms. The molecule has 0 atom stereocenters. The van der Waals surface area contributed by atoms with Gasteiger partial charge in [-0.15, -0.1) is 11.3 Å². The van der Waals surface area contributed by atoms with Crippen molar-refractivity contribution in [3.63, 3.8) is 0 Å². The lowest BCUT2D eigenvalue weighted by Crippen LogP contribution is -2.34. The maximum absolute atomic E-state index is 11.9. The van der Waals surface area contributed by atoms with E-state index >= 15 is 0 Å². The van der Waals surface area contributed by atoms with Crippen molar-refractivity contribution in [1.82, 2.24) is 15.6 Å². The second-order valence-corrected chi connectivity index (χ2v) is 6.79. The predicted molar refractivity (Wildman–Crippen MR) is 99.5 cm³/mol. The number of nitrogens with zero attached hydrogens (tertiary/aromatic N) is 2. The van der Waals surface area contributed by atoms with E-state index in [0.717, 1.165) is 26.5 Å². The minimum Gasteiger partial charge on any atom is -0.378 e. The summed E-state index contributed by atoms with van der Waals surface area (Å²) < 4.78 is 1.13. The van der Waals surface area contributed by atoms with Gasteiger partial charge in [-0.05, 0) is 29.8 Å². The monoisotopic (exact) mass is 340 g/mol. The van der Waals surface area contributed by atoms with Gasteiger partial charge in [-0.25, -0.2) is 9.78 Å². The largest absolute Gasteiger partial charge is 0.378 e. The smallest absolute Gasteiger partial charge is 0.315 e. The number of carbonyl (C=O) groups excluding carboxylic acids is 1. The number of aromatic nitrogens is 1. The van der Waals surface area contributed by atoms with Crippen LogP contribution in [0.2, 0.25) is 0 Å². The number of fused-ring (bicyclic) bond motifs is 1. The van der Waals surface area contributed by atoms with E-state index in [1.807, 2.05) is 67.5 Å². The Balaban J connectivity index is 1.48. The number of thiazole rings is 1. The highest BCUT2D eigenvalue weighted by atomic mass is 32.1. The van der Waals surface area contributed by atoms with Gasteiger partial charge in [-0.1, -0.05) is 24.3 Å². The molecule has 0 saturated carbocycles. The first kappa shape index (κ1) is 16.3. The summed E-state index contributed by atoms with van der Waals surface area (Å²) >= 11 is 1.60. The molecule has 0 saturated heterocycles. The molecule has 124 valence electrons. The number of anilines is 1. The second-order valence-electron chi connectivity index (χ2n) is 5.67. The van der Waals surface area contributed by atoms with E-state index in [2.05, 4.69) is 15.6 Å². The lowest BCUT2D eigenvalue weighted by Gasteiger charge is -2.13. The third-order valence-electron chi connectivity index (χ3n) is 3.64. The van der Waals surface area contributed by atoms with E-state index < -0.39 is 0 Å². The minimum atomic E-state index is -0.189. The zero-order chi connectivity index (χ0) is 16.9. The van der Waals surface area contributed by atoms with Crippen LogP contribution in [0.25, 0.3) is 10.2 Å². The molecule has 0 radical (unpaired) electrons. The fourth-order valence-corrected chi connectivity index (χ4v) is 3.22. The van der Waals surface area contributed by atoms with Gasteiger partial charge in [0.25, 0.3) is 0 Å². The molecule has 0 aliphatic heterocycles. The topological polar surface area (TPSA) is 57.3 Å². The van der Waals surface area contributed by atoms with Gasteiger partial charge >= 0.3 is 6.03 Å². The quantitative estimate of drug-likeness (QED) is 0.749. The van der Waals surface area contributed by atoms with Crippen molar-refractivity contribution in [3.8, 4) is 0 Å². The van der Waals surface area contributed by atoms with Crippen LogP contribution in [-0.4, -0.2) is 25.1 Å².